The summed E-state index contributed by atoms with van der Waals surface area (Å²) in [6.07, 6.45) is 9.27. The lowest BCUT2D eigenvalue weighted by atomic mass is 9.87. The minimum Gasteiger partial charge on any atom is -0.382 e. The van der Waals surface area contributed by atoms with Crippen molar-refractivity contribution in [1.82, 2.24) is 20.2 Å². The summed E-state index contributed by atoms with van der Waals surface area (Å²) >= 11 is 0. The van der Waals surface area contributed by atoms with Crippen LogP contribution >= 0.6 is 0 Å². The van der Waals surface area contributed by atoms with Crippen LogP contribution < -0.4 is 10.6 Å². The minimum atomic E-state index is -0.269. The number of nitrogens with zero attached hydrogens (tertiary/aromatic N) is 3. The van der Waals surface area contributed by atoms with Crippen LogP contribution in [0.2, 0.25) is 0 Å². The fraction of sp³-hybridized carbons (Fsp3) is 0.310. The van der Waals surface area contributed by atoms with Gasteiger partial charge in [-0.2, -0.15) is 0 Å². The minimum absolute atomic E-state index is 0.0115. The molecule has 2 N–H and O–H groups in total. The fourth-order valence-corrected chi connectivity index (χ4v) is 4.81. The van der Waals surface area contributed by atoms with Crippen LogP contribution in [0, 0.1) is 0 Å². The van der Waals surface area contributed by atoms with Gasteiger partial charge in [0.1, 0.15) is 5.69 Å². The molecule has 0 saturated carbocycles. The first kappa shape index (κ1) is 23.7. The number of carbonyl (C=O) groups is 2. The Bertz CT molecular complexity index is 1300. The van der Waals surface area contributed by atoms with Crippen LogP contribution in [0.4, 0.5) is 5.69 Å². The average molecular weight is 482 g/mol. The number of fused-ring (bicyclic) bond motifs is 2. The van der Waals surface area contributed by atoms with Crippen molar-refractivity contribution in [2.24, 2.45) is 0 Å². The monoisotopic (exact) mass is 481 g/mol. The van der Waals surface area contributed by atoms with Crippen molar-refractivity contribution in [2.75, 3.05) is 18.4 Å². The van der Waals surface area contributed by atoms with Gasteiger partial charge in [-0.25, -0.2) is 4.98 Å². The normalized spacial score (nSPS) is 19.4. The summed E-state index contributed by atoms with van der Waals surface area (Å²) in [5.74, 6) is -0.282. The molecular weight excluding hydrogens is 450 g/mol. The van der Waals surface area contributed by atoms with Gasteiger partial charge in [0, 0.05) is 37.2 Å². The number of aromatic nitrogens is 2. The molecular formula is C29H31N5O2. The van der Waals surface area contributed by atoms with Crippen molar-refractivity contribution < 1.29 is 9.59 Å². The predicted octanol–water partition coefficient (Wildman–Crippen LogP) is 4.38. The lowest BCUT2D eigenvalue weighted by Gasteiger charge is -2.21. The maximum Gasteiger partial charge on any atom is 0.271 e. The van der Waals surface area contributed by atoms with Crippen molar-refractivity contribution >= 4 is 29.7 Å². The van der Waals surface area contributed by atoms with E-state index in [9.17, 15) is 9.59 Å². The smallest absolute Gasteiger partial charge is 0.271 e. The van der Waals surface area contributed by atoms with E-state index in [1.54, 1.807) is 0 Å². The lowest BCUT2D eigenvalue weighted by Crippen LogP contribution is -2.39. The summed E-state index contributed by atoms with van der Waals surface area (Å²) in [4.78, 5) is 35.9. The van der Waals surface area contributed by atoms with Gasteiger partial charge in [0.15, 0.2) is 0 Å². The van der Waals surface area contributed by atoms with Crippen LogP contribution in [0.5, 0.6) is 0 Å². The number of benzene rings is 2. The molecule has 1 saturated heterocycles. The molecule has 2 aliphatic heterocycles. The third-order valence-corrected chi connectivity index (χ3v) is 6.85. The summed E-state index contributed by atoms with van der Waals surface area (Å²) in [6, 6.07) is 14.4. The molecule has 0 aliphatic carbocycles. The molecule has 1 unspecified atom stereocenters. The van der Waals surface area contributed by atoms with Crippen molar-refractivity contribution in [3.8, 4) is 0 Å². The average Bonchev–Trinajstić information content (AvgIpc) is 3.23. The first-order valence-electron chi connectivity index (χ1n) is 12.3. The molecule has 0 spiro atoms. The number of nitrogens with one attached hydrogen (secondary N) is 2. The third kappa shape index (κ3) is 5.00. The second kappa shape index (κ2) is 9.57. The highest BCUT2D eigenvalue weighted by molar-refractivity contribution is 6.01. The lowest BCUT2D eigenvalue weighted by molar-refractivity contribution is 0.0743. The first-order valence-corrected chi connectivity index (χ1v) is 12.3. The molecule has 3 heterocycles. The van der Waals surface area contributed by atoms with E-state index in [1.165, 1.54) is 24.2 Å². The highest BCUT2D eigenvalue weighted by atomic mass is 16.2. The number of carbonyl (C=O) groups excluding carboxylic acids is 2. The number of anilines is 1. The molecule has 0 radical (unpaired) electrons. The zero-order chi connectivity index (χ0) is 25.3. The van der Waals surface area contributed by atoms with E-state index in [2.05, 4.69) is 71.7 Å². The van der Waals surface area contributed by atoms with Gasteiger partial charge in [0.05, 0.1) is 17.8 Å². The molecule has 7 nitrogen and oxygen atoms in total. The van der Waals surface area contributed by atoms with Gasteiger partial charge in [0.2, 0.25) is 0 Å². The van der Waals surface area contributed by atoms with Gasteiger partial charge in [-0.15, -0.1) is 0 Å². The van der Waals surface area contributed by atoms with Crippen molar-refractivity contribution in [1.29, 1.82) is 0 Å². The molecule has 2 atom stereocenters. The Hall–Kier alpha value is -4.00. The van der Waals surface area contributed by atoms with Gasteiger partial charge >= 0.3 is 0 Å². The second-order valence-corrected chi connectivity index (χ2v) is 10.5. The summed E-state index contributed by atoms with van der Waals surface area (Å²) < 4.78 is 0. The number of hydrogen-bond donors (Lipinski definition) is 2. The quantitative estimate of drug-likeness (QED) is 0.540. The SMILES string of the molecule is CC(C)(C)c1ccc(/C=C/c2ccc3c(c2)C(=O)N2CC(NC(=O)c4cnccn4)C[C@H]2CN3)cc1. The number of hydrogen-bond acceptors (Lipinski definition) is 5. The number of amides is 2. The first-order chi connectivity index (χ1) is 17.3. The summed E-state index contributed by atoms with van der Waals surface area (Å²) in [6.45, 7) is 7.73. The predicted molar refractivity (Wildman–Crippen MR) is 142 cm³/mol. The van der Waals surface area contributed by atoms with E-state index < -0.39 is 0 Å². The zero-order valence-corrected chi connectivity index (χ0v) is 20.9. The molecule has 184 valence electrons. The molecule has 7 heteroatoms. The van der Waals surface area contributed by atoms with Crippen LogP contribution in [0.25, 0.3) is 12.2 Å². The Morgan fingerprint density at radius 1 is 1.08 bits per heavy atom. The van der Waals surface area contributed by atoms with Gasteiger partial charge in [0.25, 0.3) is 11.8 Å². The van der Waals surface area contributed by atoms with Gasteiger partial charge in [-0.05, 0) is 40.7 Å². The van der Waals surface area contributed by atoms with Crippen LogP contribution in [-0.4, -0.2) is 51.9 Å². The van der Waals surface area contributed by atoms with E-state index in [-0.39, 0.29) is 35.0 Å². The maximum atomic E-state index is 13.5. The summed E-state index contributed by atoms with van der Waals surface area (Å²) in [5, 5.41) is 6.44. The molecule has 2 amide bonds. The van der Waals surface area contributed by atoms with E-state index in [0.29, 0.717) is 25.1 Å². The van der Waals surface area contributed by atoms with Crippen molar-refractivity contribution in [3.63, 3.8) is 0 Å². The Morgan fingerprint density at radius 2 is 1.83 bits per heavy atom. The Balaban J connectivity index is 1.29. The highest BCUT2D eigenvalue weighted by Crippen LogP contribution is 2.30. The zero-order valence-electron chi connectivity index (χ0n) is 20.9. The van der Waals surface area contributed by atoms with Gasteiger partial charge in [-0.3, -0.25) is 14.6 Å². The fourth-order valence-electron chi connectivity index (χ4n) is 4.81. The van der Waals surface area contributed by atoms with Gasteiger partial charge in [-0.1, -0.05) is 63.3 Å². The molecule has 0 bridgehead atoms. The van der Waals surface area contributed by atoms with E-state index in [4.69, 9.17) is 0 Å². The highest BCUT2D eigenvalue weighted by Gasteiger charge is 2.38. The van der Waals surface area contributed by atoms with E-state index in [1.807, 2.05) is 29.2 Å². The molecule has 3 aromatic rings. The standard InChI is InChI=1S/C29H31N5O2/c1-29(2,3)21-9-6-19(7-10-21)4-5-20-8-11-25-24(14-20)28(36)34-18-22(15-23(34)16-32-25)33-27(35)26-17-30-12-13-31-26/h4-14,17,22-23,32H,15-16,18H2,1-3H3,(H,33,35)/b5-4+/t22?,23-/m0/s1. The van der Waals surface area contributed by atoms with Crippen molar-refractivity contribution in [2.45, 2.75) is 44.7 Å². The summed E-state index contributed by atoms with van der Waals surface area (Å²) in [5.41, 5.74) is 5.28. The molecule has 2 aromatic carbocycles. The van der Waals surface area contributed by atoms with Gasteiger partial charge < -0.3 is 15.5 Å². The molecule has 1 aromatic heterocycles. The van der Waals surface area contributed by atoms with E-state index >= 15 is 0 Å². The van der Waals surface area contributed by atoms with Crippen LogP contribution in [-0.2, 0) is 5.41 Å². The van der Waals surface area contributed by atoms with Crippen LogP contribution in [0.1, 0.15) is 64.7 Å². The largest absolute Gasteiger partial charge is 0.382 e. The van der Waals surface area contributed by atoms with E-state index in [0.717, 1.165) is 16.8 Å². The maximum absolute atomic E-state index is 13.5. The molecule has 5 rings (SSSR count). The Morgan fingerprint density at radius 3 is 2.56 bits per heavy atom. The second-order valence-electron chi connectivity index (χ2n) is 10.5. The molecule has 2 aliphatic rings. The van der Waals surface area contributed by atoms with Crippen molar-refractivity contribution in [3.05, 3.63) is 89.0 Å². The Kier molecular flexibility index (Phi) is 6.31. The van der Waals surface area contributed by atoms with Crippen LogP contribution in [0.15, 0.2) is 61.1 Å². The van der Waals surface area contributed by atoms with Crippen LogP contribution in [0.3, 0.4) is 0 Å². The topological polar surface area (TPSA) is 87.2 Å². The third-order valence-electron chi connectivity index (χ3n) is 6.85. The number of rotatable bonds is 4. The molecule has 36 heavy (non-hydrogen) atoms. The summed E-state index contributed by atoms with van der Waals surface area (Å²) in [7, 11) is 0. The molecule has 1 fully saturated rings. The Labute approximate surface area is 211 Å².